The SMILES string of the molecule is CCCC[C@@](C)(OC)C(=O)Nc1ccc(OCCC(C)(C)OC)c(Cl)c1. The van der Waals surface area contributed by atoms with Gasteiger partial charge in [-0.1, -0.05) is 31.4 Å². The van der Waals surface area contributed by atoms with Gasteiger partial charge in [0.25, 0.3) is 5.91 Å². The molecule has 6 heteroatoms. The Labute approximate surface area is 162 Å². The number of hydrogen-bond acceptors (Lipinski definition) is 4. The van der Waals surface area contributed by atoms with E-state index in [1.165, 1.54) is 0 Å². The van der Waals surface area contributed by atoms with Gasteiger partial charge in [0.05, 0.1) is 17.2 Å². The lowest BCUT2D eigenvalue weighted by atomic mass is 9.97. The first-order chi connectivity index (χ1) is 12.2. The van der Waals surface area contributed by atoms with Crippen LogP contribution in [0, 0.1) is 0 Å². The van der Waals surface area contributed by atoms with Crippen LogP contribution in [0.2, 0.25) is 5.02 Å². The monoisotopic (exact) mass is 385 g/mol. The van der Waals surface area contributed by atoms with E-state index in [-0.39, 0.29) is 11.5 Å². The number of unbranched alkanes of at least 4 members (excludes halogenated alkanes) is 1. The maximum Gasteiger partial charge on any atom is 0.256 e. The molecule has 0 radical (unpaired) electrons. The predicted octanol–water partition coefficient (Wildman–Crippen LogP) is 5.07. The van der Waals surface area contributed by atoms with Gasteiger partial charge in [0.1, 0.15) is 11.4 Å². The van der Waals surface area contributed by atoms with Crippen molar-refractivity contribution in [2.24, 2.45) is 0 Å². The number of halogens is 1. The number of benzene rings is 1. The molecule has 0 unspecified atom stereocenters. The third-order valence-corrected chi connectivity index (χ3v) is 4.94. The molecule has 5 nitrogen and oxygen atoms in total. The quantitative estimate of drug-likeness (QED) is 0.577. The Kier molecular flexibility index (Phi) is 8.87. The van der Waals surface area contributed by atoms with E-state index in [9.17, 15) is 4.79 Å². The van der Waals surface area contributed by atoms with Crippen LogP contribution in [0.25, 0.3) is 0 Å². The number of rotatable bonds is 11. The Morgan fingerprint density at radius 3 is 2.38 bits per heavy atom. The van der Waals surface area contributed by atoms with Crippen molar-refractivity contribution in [1.29, 1.82) is 0 Å². The Morgan fingerprint density at radius 1 is 1.15 bits per heavy atom. The molecule has 1 aromatic carbocycles. The van der Waals surface area contributed by atoms with Gasteiger partial charge in [0, 0.05) is 26.3 Å². The highest BCUT2D eigenvalue weighted by Gasteiger charge is 2.32. The second-order valence-electron chi connectivity index (χ2n) is 7.20. The second kappa shape index (κ2) is 10.1. The summed E-state index contributed by atoms with van der Waals surface area (Å²) in [5.41, 5.74) is -0.489. The summed E-state index contributed by atoms with van der Waals surface area (Å²) in [6.07, 6.45) is 3.32. The first-order valence-electron chi connectivity index (χ1n) is 9.01. The van der Waals surface area contributed by atoms with Crippen LogP contribution in [-0.4, -0.2) is 37.9 Å². The van der Waals surface area contributed by atoms with E-state index in [2.05, 4.69) is 12.2 Å². The van der Waals surface area contributed by atoms with Gasteiger partial charge in [-0.2, -0.15) is 0 Å². The van der Waals surface area contributed by atoms with E-state index in [1.54, 1.807) is 39.3 Å². The van der Waals surface area contributed by atoms with E-state index in [4.69, 9.17) is 25.8 Å². The van der Waals surface area contributed by atoms with Crippen LogP contribution < -0.4 is 10.1 Å². The highest BCUT2D eigenvalue weighted by Crippen LogP contribution is 2.29. The zero-order chi connectivity index (χ0) is 19.8. The molecule has 1 amide bonds. The van der Waals surface area contributed by atoms with Gasteiger partial charge in [0.15, 0.2) is 0 Å². The number of nitrogens with one attached hydrogen (secondary N) is 1. The summed E-state index contributed by atoms with van der Waals surface area (Å²) in [6, 6.07) is 5.22. The fraction of sp³-hybridized carbons (Fsp3) is 0.650. The van der Waals surface area contributed by atoms with E-state index in [1.807, 2.05) is 13.8 Å². The molecule has 26 heavy (non-hydrogen) atoms. The van der Waals surface area contributed by atoms with E-state index in [0.29, 0.717) is 29.5 Å². The largest absolute Gasteiger partial charge is 0.492 e. The van der Waals surface area contributed by atoms with Crippen LogP contribution >= 0.6 is 11.6 Å². The molecule has 0 heterocycles. The van der Waals surface area contributed by atoms with Crippen LogP contribution in [0.3, 0.4) is 0 Å². The molecule has 0 aliphatic rings. The smallest absolute Gasteiger partial charge is 0.256 e. The normalized spacial score (nSPS) is 14.0. The molecule has 0 fully saturated rings. The number of carbonyl (C=O) groups is 1. The van der Waals surface area contributed by atoms with Crippen LogP contribution in [0.5, 0.6) is 5.75 Å². The zero-order valence-electron chi connectivity index (χ0n) is 16.8. The summed E-state index contributed by atoms with van der Waals surface area (Å²) in [6.45, 7) is 8.38. The third-order valence-electron chi connectivity index (χ3n) is 4.64. The van der Waals surface area contributed by atoms with Crippen molar-refractivity contribution >= 4 is 23.2 Å². The molecule has 1 aromatic rings. The summed E-state index contributed by atoms with van der Waals surface area (Å²) in [5, 5.41) is 3.33. The van der Waals surface area contributed by atoms with Crippen LogP contribution in [0.4, 0.5) is 5.69 Å². The molecule has 1 N–H and O–H groups in total. The average Bonchev–Trinajstić information content (AvgIpc) is 2.61. The first kappa shape index (κ1) is 22.7. The lowest BCUT2D eigenvalue weighted by Gasteiger charge is -2.27. The van der Waals surface area contributed by atoms with Crippen molar-refractivity contribution in [1.82, 2.24) is 0 Å². The van der Waals surface area contributed by atoms with Crippen molar-refractivity contribution in [2.45, 2.75) is 64.6 Å². The van der Waals surface area contributed by atoms with Gasteiger partial charge in [-0.05, 0) is 45.4 Å². The summed E-state index contributed by atoms with van der Waals surface area (Å²) in [5.74, 6) is 0.400. The van der Waals surface area contributed by atoms with Gasteiger partial charge in [-0.15, -0.1) is 0 Å². The van der Waals surface area contributed by atoms with Crippen molar-refractivity contribution in [3.63, 3.8) is 0 Å². The first-order valence-corrected chi connectivity index (χ1v) is 9.39. The van der Waals surface area contributed by atoms with Crippen molar-refractivity contribution < 1.29 is 19.0 Å². The van der Waals surface area contributed by atoms with Gasteiger partial charge in [-0.3, -0.25) is 4.79 Å². The topological polar surface area (TPSA) is 56.8 Å². The number of amides is 1. The number of ether oxygens (including phenoxy) is 3. The molecule has 0 bridgehead atoms. The number of carbonyl (C=O) groups excluding carboxylic acids is 1. The summed E-state index contributed by atoms with van der Waals surface area (Å²) < 4.78 is 16.5. The Balaban J connectivity index is 2.70. The minimum absolute atomic E-state index is 0.181. The van der Waals surface area contributed by atoms with Gasteiger partial charge in [0.2, 0.25) is 0 Å². The molecule has 0 aliphatic carbocycles. The average molecular weight is 386 g/mol. The standard InChI is InChI=1S/C20H32ClNO4/c1-7-8-11-20(4,25-6)18(23)22-15-9-10-17(16(21)14-15)26-13-12-19(2,3)24-5/h9-10,14H,7-8,11-13H2,1-6H3,(H,22,23)/t20-/m1/s1. The van der Waals surface area contributed by atoms with E-state index in [0.717, 1.165) is 19.3 Å². The van der Waals surface area contributed by atoms with Gasteiger partial charge < -0.3 is 19.5 Å². The molecule has 0 aromatic heterocycles. The lowest BCUT2D eigenvalue weighted by Crippen LogP contribution is -2.41. The maximum absolute atomic E-state index is 12.6. The fourth-order valence-electron chi connectivity index (χ4n) is 2.29. The Hall–Kier alpha value is -1.30. The summed E-state index contributed by atoms with van der Waals surface area (Å²) >= 11 is 6.29. The second-order valence-corrected chi connectivity index (χ2v) is 7.61. The Morgan fingerprint density at radius 2 is 1.85 bits per heavy atom. The molecule has 148 valence electrons. The predicted molar refractivity (Wildman–Crippen MR) is 106 cm³/mol. The van der Waals surface area contributed by atoms with Gasteiger partial charge >= 0.3 is 0 Å². The zero-order valence-corrected chi connectivity index (χ0v) is 17.5. The summed E-state index contributed by atoms with van der Waals surface area (Å²) in [7, 11) is 3.24. The van der Waals surface area contributed by atoms with Crippen LogP contribution in [0.15, 0.2) is 18.2 Å². The highest BCUT2D eigenvalue weighted by atomic mass is 35.5. The molecule has 0 aliphatic heterocycles. The molecule has 0 saturated carbocycles. The number of anilines is 1. The number of methoxy groups -OCH3 is 2. The maximum atomic E-state index is 12.6. The van der Waals surface area contributed by atoms with Crippen molar-refractivity contribution in [3.05, 3.63) is 23.2 Å². The molecule has 0 saturated heterocycles. The minimum atomic E-state index is -0.858. The van der Waals surface area contributed by atoms with Crippen molar-refractivity contribution in [3.8, 4) is 5.75 Å². The highest BCUT2D eigenvalue weighted by molar-refractivity contribution is 6.32. The van der Waals surface area contributed by atoms with E-state index < -0.39 is 5.60 Å². The van der Waals surface area contributed by atoms with Crippen molar-refractivity contribution in [2.75, 3.05) is 26.1 Å². The Bertz CT molecular complexity index is 591. The fourth-order valence-corrected chi connectivity index (χ4v) is 2.53. The van der Waals surface area contributed by atoms with Crippen LogP contribution in [-0.2, 0) is 14.3 Å². The lowest BCUT2D eigenvalue weighted by molar-refractivity contribution is -0.136. The summed E-state index contributed by atoms with van der Waals surface area (Å²) in [4.78, 5) is 12.6. The minimum Gasteiger partial charge on any atom is -0.492 e. The molecular weight excluding hydrogens is 354 g/mol. The van der Waals surface area contributed by atoms with Crippen LogP contribution in [0.1, 0.15) is 53.4 Å². The van der Waals surface area contributed by atoms with E-state index >= 15 is 0 Å². The molecule has 1 atom stereocenters. The molecule has 1 rings (SSSR count). The molecular formula is C20H32ClNO4. The molecule has 0 spiro atoms. The van der Waals surface area contributed by atoms with Gasteiger partial charge in [-0.25, -0.2) is 0 Å². The third kappa shape index (κ3) is 6.78. The number of hydrogen-bond donors (Lipinski definition) is 1.